The first-order valence-corrected chi connectivity index (χ1v) is 20.8. The molecule has 1 aliphatic carbocycles. The summed E-state index contributed by atoms with van der Waals surface area (Å²) in [5, 5.41) is 7.22. The van der Waals surface area contributed by atoms with Crippen molar-refractivity contribution in [3.05, 3.63) is 72.7 Å². The molecule has 0 bridgehead atoms. The summed E-state index contributed by atoms with van der Waals surface area (Å²) in [4.78, 5) is 35.2. The summed E-state index contributed by atoms with van der Waals surface area (Å²) in [6.45, 7) is 48.1. The van der Waals surface area contributed by atoms with Gasteiger partial charge in [-0.1, -0.05) is 146 Å². The third kappa shape index (κ3) is 22.1. The number of hydrogen-bond acceptors (Lipinski definition) is 6. The number of nitrogens with zero attached hydrogens (tertiary/aromatic N) is 1. The van der Waals surface area contributed by atoms with E-state index in [-0.39, 0.29) is 41.0 Å². The van der Waals surface area contributed by atoms with Gasteiger partial charge < -0.3 is 26.1 Å². The average Bonchev–Trinajstić information content (AvgIpc) is 3.56. The van der Waals surface area contributed by atoms with E-state index in [0.29, 0.717) is 29.6 Å². The predicted molar refractivity (Wildman–Crippen MR) is 238 cm³/mol. The quantitative estimate of drug-likeness (QED) is 0.0957. The van der Waals surface area contributed by atoms with Crippen LogP contribution in [0.2, 0.25) is 0 Å². The van der Waals surface area contributed by atoms with Crippen molar-refractivity contribution < 1.29 is 14.4 Å². The van der Waals surface area contributed by atoms with Crippen molar-refractivity contribution in [2.24, 2.45) is 45.7 Å². The zero-order chi connectivity index (χ0) is 43.5. The van der Waals surface area contributed by atoms with Crippen molar-refractivity contribution in [3.63, 3.8) is 0 Å². The van der Waals surface area contributed by atoms with Crippen LogP contribution in [0.5, 0.6) is 0 Å². The number of likely N-dealkylation sites (N-methyl/N-ethyl adjacent to an activating group) is 1. The normalized spacial score (nSPS) is 17.2. The molecule has 0 saturated heterocycles. The molecule has 0 aromatic heterocycles. The van der Waals surface area contributed by atoms with Gasteiger partial charge in [-0.3, -0.25) is 9.59 Å². The summed E-state index contributed by atoms with van der Waals surface area (Å²) in [6, 6.07) is 10.7. The Bertz CT molecular complexity index is 1330. The molecule has 5 atom stereocenters. The fourth-order valence-corrected chi connectivity index (χ4v) is 6.95. The zero-order valence-corrected chi connectivity index (χ0v) is 38.7. The number of rotatable bonds is 19. The third-order valence-electron chi connectivity index (χ3n) is 10.4. The number of ketones is 2. The Kier molecular flexibility index (Phi) is 24.4. The van der Waals surface area contributed by atoms with E-state index < -0.39 is 11.7 Å². The lowest BCUT2D eigenvalue weighted by molar-refractivity contribution is -0.136. The number of carbonyl (C=O) groups is 3. The van der Waals surface area contributed by atoms with Gasteiger partial charge in [0.2, 0.25) is 5.78 Å². The molecular formula is C48H86N4O3. The third-order valence-corrected chi connectivity index (χ3v) is 10.4. The number of nitrogens with one attached hydrogen (secondary N) is 2. The van der Waals surface area contributed by atoms with E-state index in [4.69, 9.17) is 5.73 Å². The van der Waals surface area contributed by atoms with E-state index in [1.165, 1.54) is 11.1 Å². The number of amides is 1. The van der Waals surface area contributed by atoms with E-state index in [0.717, 1.165) is 43.7 Å². The summed E-state index contributed by atoms with van der Waals surface area (Å²) >= 11 is 0. The number of hydrogen-bond donors (Lipinski definition) is 3. The van der Waals surface area contributed by atoms with Crippen LogP contribution < -0.4 is 16.4 Å². The van der Waals surface area contributed by atoms with Crippen LogP contribution in [0.1, 0.15) is 148 Å². The molecule has 1 aromatic carbocycles. The lowest BCUT2D eigenvalue weighted by atomic mass is 9.83. The second-order valence-corrected chi connectivity index (χ2v) is 18.9. The van der Waals surface area contributed by atoms with Gasteiger partial charge in [-0.15, -0.1) is 6.58 Å². The second-order valence-electron chi connectivity index (χ2n) is 18.9. The minimum Gasteiger partial charge on any atom is -0.376 e. The first kappa shape index (κ1) is 53.8. The average molecular weight is 767 g/mol. The van der Waals surface area contributed by atoms with Gasteiger partial charge in [0.25, 0.3) is 5.91 Å². The highest BCUT2D eigenvalue weighted by Crippen LogP contribution is 2.61. The summed E-state index contributed by atoms with van der Waals surface area (Å²) in [7, 11) is 2.16. The molecule has 55 heavy (non-hydrogen) atoms. The van der Waals surface area contributed by atoms with Gasteiger partial charge in [0, 0.05) is 38.2 Å². The van der Waals surface area contributed by atoms with Crippen LogP contribution in [0.15, 0.2) is 67.2 Å². The molecule has 316 valence electrons. The molecule has 0 aliphatic heterocycles. The van der Waals surface area contributed by atoms with Crippen molar-refractivity contribution >= 4 is 17.5 Å². The lowest BCUT2D eigenvalue weighted by Gasteiger charge is -2.40. The SMILES string of the molecule is C=C(C)C[C@@H]1[C@H](CN(C)C(=C)C(NC(=C)N[C@H](CCC(C)=O)C(C)(C)C)C(C)(C)C)C1(C)C.CC.CC(C)CC(C)CC(=O)C(N)=O.CCc1ccccc1. The topological polar surface area (TPSA) is 105 Å². The molecule has 1 aliphatic rings. The van der Waals surface area contributed by atoms with Gasteiger partial charge in [-0.2, -0.15) is 0 Å². The van der Waals surface area contributed by atoms with Gasteiger partial charge in [0.15, 0.2) is 0 Å². The van der Waals surface area contributed by atoms with Gasteiger partial charge >= 0.3 is 0 Å². The summed E-state index contributed by atoms with van der Waals surface area (Å²) in [5.74, 6) is 1.89. The number of carbonyl (C=O) groups excluding carboxylic acids is 3. The molecule has 2 unspecified atom stereocenters. The second kappa shape index (κ2) is 25.0. The Morgan fingerprint density at radius 2 is 1.42 bits per heavy atom. The van der Waals surface area contributed by atoms with E-state index in [2.05, 4.69) is 150 Å². The summed E-state index contributed by atoms with van der Waals surface area (Å²) < 4.78 is 0. The van der Waals surface area contributed by atoms with E-state index in [1.807, 2.05) is 26.8 Å². The highest BCUT2D eigenvalue weighted by molar-refractivity contribution is 6.35. The minimum atomic E-state index is -0.814. The maximum Gasteiger partial charge on any atom is 0.284 e. The number of aryl methyl sites for hydroxylation is 1. The Balaban J connectivity index is 0. The van der Waals surface area contributed by atoms with Crippen LogP contribution in [-0.2, 0) is 20.8 Å². The largest absolute Gasteiger partial charge is 0.376 e. The van der Waals surface area contributed by atoms with E-state index >= 15 is 0 Å². The standard InChI is InChI=1S/C29H53N3O.C9H17NO2.C8H10.C2H6/c1-19(2)17-23-24(29(23,12)13)18-32(14)21(4)26(28(9,10)11)31-22(5)30-25(27(6,7)8)16-15-20(3)33;1-6(2)4-7(3)5-8(11)9(10)12;1-2-8-6-4-3-5-7-8;1-2/h23-26,30-31H,1,4-5,15-18H2,2-3,6-14H3;6-7H,4-5H2,1-3H3,(H2,10,12);3-7H,2H2,1H3;1-2H3/t23-,24+,25-,26?;;;/m1.../s1. The molecule has 0 heterocycles. The molecular weight excluding hydrogens is 681 g/mol. The van der Waals surface area contributed by atoms with Crippen LogP contribution in [0.3, 0.4) is 0 Å². The van der Waals surface area contributed by atoms with Crippen LogP contribution in [0.4, 0.5) is 0 Å². The first-order chi connectivity index (χ1) is 25.1. The molecule has 1 amide bonds. The summed E-state index contributed by atoms with van der Waals surface area (Å²) in [6.07, 6.45) is 4.85. The maximum absolute atomic E-state index is 11.6. The van der Waals surface area contributed by atoms with E-state index in [1.54, 1.807) is 6.92 Å². The van der Waals surface area contributed by atoms with Gasteiger partial charge in [-0.05, 0) is 85.0 Å². The molecule has 7 nitrogen and oxygen atoms in total. The molecule has 0 spiro atoms. The van der Waals surface area contributed by atoms with Gasteiger partial charge in [0.1, 0.15) is 5.78 Å². The molecule has 1 fully saturated rings. The Morgan fingerprint density at radius 3 is 1.80 bits per heavy atom. The lowest BCUT2D eigenvalue weighted by Crippen LogP contribution is -2.50. The molecule has 1 saturated carbocycles. The highest BCUT2D eigenvalue weighted by Gasteiger charge is 2.57. The van der Waals surface area contributed by atoms with Crippen molar-refractivity contribution in [1.29, 1.82) is 0 Å². The van der Waals surface area contributed by atoms with Crippen LogP contribution >= 0.6 is 0 Å². The predicted octanol–water partition coefficient (Wildman–Crippen LogP) is 10.9. The van der Waals surface area contributed by atoms with Crippen molar-refractivity contribution in [2.75, 3.05) is 13.6 Å². The van der Waals surface area contributed by atoms with Crippen molar-refractivity contribution in [3.8, 4) is 0 Å². The first-order valence-electron chi connectivity index (χ1n) is 20.8. The molecule has 4 N–H and O–H groups in total. The smallest absolute Gasteiger partial charge is 0.284 e. The highest BCUT2D eigenvalue weighted by atomic mass is 16.2. The molecule has 0 radical (unpaired) electrons. The number of primary amides is 1. The fraction of sp³-hybridized carbons (Fsp3) is 0.688. The monoisotopic (exact) mass is 767 g/mol. The van der Waals surface area contributed by atoms with Crippen LogP contribution in [-0.4, -0.2) is 48.0 Å². The van der Waals surface area contributed by atoms with Crippen molar-refractivity contribution in [2.45, 2.75) is 161 Å². The Hall–Kier alpha value is -3.35. The number of allylic oxidation sites excluding steroid dienone is 1. The van der Waals surface area contributed by atoms with Gasteiger partial charge in [0.05, 0.1) is 11.9 Å². The van der Waals surface area contributed by atoms with Crippen LogP contribution in [0, 0.1) is 39.9 Å². The van der Waals surface area contributed by atoms with Crippen molar-refractivity contribution in [1.82, 2.24) is 15.5 Å². The Morgan fingerprint density at radius 1 is 0.891 bits per heavy atom. The summed E-state index contributed by atoms with van der Waals surface area (Å²) in [5.41, 5.74) is 8.91. The van der Waals surface area contributed by atoms with Crippen LogP contribution in [0.25, 0.3) is 0 Å². The molecule has 1 aromatic rings. The minimum absolute atomic E-state index is 0.0148. The fourth-order valence-electron chi connectivity index (χ4n) is 6.95. The zero-order valence-electron chi connectivity index (χ0n) is 38.7. The van der Waals surface area contributed by atoms with Gasteiger partial charge in [-0.25, -0.2) is 0 Å². The Labute approximate surface area is 339 Å². The number of nitrogens with two attached hydrogens (primary N) is 1. The molecule has 2 rings (SSSR count). The number of benzene rings is 1. The number of Topliss-reactive ketones (excluding diaryl/α,β-unsaturated/α-hetero) is 2. The van der Waals surface area contributed by atoms with E-state index in [9.17, 15) is 14.4 Å². The molecule has 7 heteroatoms. The maximum atomic E-state index is 11.6.